The minimum Gasteiger partial charge on any atom is -0.480 e. The average molecular weight is 313 g/mol. The van der Waals surface area contributed by atoms with Gasteiger partial charge in [0, 0.05) is 6.42 Å². The lowest BCUT2D eigenvalue weighted by Crippen LogP contribution is -2.38. The van der Waals surface area contributed by atoms with Crippen LogP contribution in [0.25, 0.3) is 0 Å². The lowest BCUT2D eigenvalue weighted by molar-refractivity contribution is -0.141. The average Bonchev–Trinajstić information content (AvgIpc) is 2.48. The van der Waals surface area contributed by atoms with Crippen molar-refractivity contribution in [1.29, 1.82) is 0 Å². The van der Waals surface area contributed by atoms with E-state index in [0.717, 1.165) is 12.8 Å². The summed E-state index contributed by atoms with van der Waals surface area (Å²) in [6.45, 7) is 3.73. The normalized spacial score (nSPS) is 12.1. The SMILES string of the molecule is CCCCCCCCCCCCCCC(=O)N[C@H](C)C(=O)O. The number of carbonyl (C=O) groups is 2. The zero-order valence-corrected chi connectivity index (χ0v) is 14.5. The van der Waals surface area contributed by atoms with E-state index in [1.807, 2.05) is 0 Å². The maximum absolute atomic E-state index is 11.5. The van der Waals surface area contributed by atoms with Gasteiger partial charge in [-0.25, -0.2) is 0 Å². The molecule has 0 unspecified atom stereocenters. The van der Waals surface area contributed by atoms with Crippen molar-refractivity contribution in [3.05, 3.63) is 0 Å². The van der Waals surface area contributed by atoms with Crippen molar-refractivity contribution in [2.45, 2.75) is 103 Å². The van der Waals surface area contributed by atoms with Gasteiger partial charge in [-0.15, -0.1) is 0 Å². The fourth-order valence-electron chi connectivity index (χ4n) is 2.50. The molecule has 0 spiro atoms. The summed E-state index contributed by atoms with van der Waals surface area (Å²) in [6, 6.07) is -0.787. The van der Waals surface area contributed by atoms with Crippen LogP contribution in [-0.4, -0.2) is 23.0 Å². The van der Waals surface area contributed by atoms with Gasteiger partial charge in [-0.05, 0) is 13.3 Å². The molecule has 1 atom stereocenters. The van der Waals surface area contributed by atoms with Crippen molar-refractivity contribution in [2.24, 2.45) is 0 Å². The van der Waals surface area contributed by atoms with Crippen LogP contribution in [0, 0.1) is 0 Å². The summed E-state index contributed by atoms with van der Waals surface area (Å²) in [5.74, 6) is -1.13. The minimum atomic E-state index is -0.983. The van der Waals surface area contributed by atoms with Gasteiger partial charge >= 0.3 is 5.97 Å². The fourth-order valence-corrected chi connectivity index (χ4v) is 2.50. The van der Waals surface area contributed by atoms with Crippen LogP contribution < -0.4 is 5.32 Å². The van der Waals surface area contributed by atoms with Gasteiger partial charge in [-0.1, -0.05) is 77.6 Å². The van der Waals surface area contributed by atoms with Crippen LogP contribution in [0.2, 0.25) is 0 Å². The monoisotopic (exact) mass is 313 g/mol. The van der Waals surface area contributed by atoms with E-state index < -0.39 is 12.0 Å². The largest absolute Gasteiger partial charge is 0.480 e. The van der Waals surface area contributed by atoms with E-state index in [2.05, 4.69) is 12.2 Å². The van der Waals surface area contributed by atoms with E-state index in [-0.39, 0.29) is 5.91 Å². The Morgan fingerprint density at radius 2 is 1.23 bits per heavy atom. The molecule has 0 radical (unpaired) electrons. The third kappa shape index (κ3) is 13.9. The van der Waals surface area contributed by atoms with Gasteiger partial charge in [0.15, 0.2) is 0 Å². The third-order valence-corrected chi connectivity index (χ3v) is 4.01. The highest BCUT2D eigenvalue weighted by Crippen LogP contribution is 2.12. The second kappa shape index (κ2) is 14.9. The van der Waals surface area contributed by atoms with Crippen LogP contribution in [0.1, 0.15) is 97.3 Å². The lowest BCUT2D eigenvalue weighted by Gasteiger charge is -2.08. The van der Waals surface area contributed by atoms with Crippen LogP contribution >= 0.6 is 0 Å². The molecule has 0 heterocycles. The maximum Gasteiger partial charge on any atom is 0.325 e. The van der Waals surface area contributed by atoms with E-state index in [0.29, 0.717) is 6.42 Å². The topological polar surface area (TPSA) is 66.4 Å². The van der Waals surface area contributed by atoms with Gasteiger partial charge in [0.2, 0.25) is 5.91 Å². The molecule has 0 aromatic heterocycles. The molecule has 130 valence electrons. The summed E-state index contributed by atoms with van der Waals surface area (Å²) in [5.41, 5.74) is 0. The quantitative estimate of drug-likeness (QED) is 0.432. The van der Waals surface area contributed by atoms with Crippen molar-refractivity contribution in [1.82, 2.24) is 5.32 Å². The Morgan fingerprint density at radius 3 is 1.64 bits per heavy atom. The van der Waals surface area contributed by atoms with Gasteiger partial charge in [0.1, 0.15) is 6.04 Å². The number of hydrogen-bond acceptors (Lipinski definition) is 2. The smallest absolute Gasteiger partial charge is 0.325 e. The Labute approximate surface area is 136 Å². The number of carboxylic acid groups (broad SMARTS) is 1. The Bertz CT molecular complexity index is 292. The second-order valence-electron chi connectivity index (χ2n) is 6.27. The molecule has 0 aliphatic rings. The number of unbranched alkanes of at least 4 members (excludes halogenated alkanes) is 11. The summed E-state index contributed by atoms with van der Waals surface area (Å²) in [6.07, 6.45) is 15.6. The number of nitrogens with one attached hydrogen (secondary N) is 1. The first kappa shape index (κ1) is 20.9. The van der Waals surface area contributed by atoms with Crippen molar-refractivity contribution in [2.75, 3.05) is 0 Å². The molecule has 0 rings (SSSR count). The summed E-state index contributed by atoms with van der Waals surface area (Å²) >= 11 is 0. The molecular formula is C18H35NO3. The van der Waals surface area contributed by atoms with Gasteiger partial charge < -0.3 is 10.4 Å². The van der Waals surface area contributed by atoms with E-state index in [1.165, 1.54) is 71.1 Å². The molecule has 1 amide bonds. The number of amides is 1. The summed E-state index contributed by atoms with van der Waals surface area (Å²) < 4.78 is 0. The Morgan fingerprint density at radius 1 is 0.818 bits per heavy atom. The molecular weight excluding hydrogens is 278 g/mol. The zero-order chi connectivity index (χ0) is 16.6. The van der Waals surface area contributed by atoms with Crippen LogP contribution in [0.3, 0.4) is 0 Å². The molecule has 4 nitrogen and oxygen atoms in total. The van der Waals surface area contributed by atoms with Crippen LogP contribution in [0.5, 0.6) is 0 Å². The first-order chi connectivity index (χ1) is 10.6. The second-order valence-corrected chi connectivity index (χ2v) is 6.27. The highest BCUT2D eigenvalue weighted by molar-refractivity contribution is 5.83. The summed E-state index contributed by atoms with van der Waals surface area (Å²) in [5, 5.41) is 11.2. The van der Waals surface area contributed by atoms with Gasteiger partial charge in [0.05, 0.1) is 0 Å². The zero-order valence-electron chi connectivity index (χ0n) is 14.5. The van der Waals surface area contributed by atoms with Crippen LogP contribution in [0.15, 0.2) is 0 Å². The maximum atomic E-state index is 11.5. The predicted octanol–water partition coefficient (Wildman–Crippen LogP) is 4.67. The van der Waals surface area contributed by atoms with E-state index >= 15 is 0 Å². The molecule has 0 saturated carbocycles. The van der Waals surface area contributed by atoms with Crippen LogP contribution in [-0.2, 0) is 9.59 Å². The standard InChI is InChI=1S/C18H35NO3/c1-3-4-5-6-7-8-9-10-11-12-13-14-15-17(20)19-16(2)18(21)22/h16H,3-15H2,1-2H3,(H,19,20)(H,21,22)/t16-/m1/s1. The summed E-state index contributed by atoms with van der Waals surface area (Å²) in [4.78, 5) is 22.1. The van der Waals surface area contributed by atoms with Crippen molar-refractivity contribution >= 4 is 11.9 Å². The Balaban J connectivity index is 3.23. The molecule has 22 heavy (non-hydrogen) atoms. The highest BCUT2D eigenvalue weighted by Gasteiger charge is 2.12. The number of carbonyl (C=O) groups excluding carboxylic acids is 1. The molecule has 0 bridgehead atoms. The molecule has 0 aromatic rings. The van der Waals surface area contributed by atoms with E-state index in [1.54, 1.807) is 0 Å². The molecule has 4 heteroatoms. The predicted molar refractivity (Wildman–Crippen MR) is 90.9 cm³/mol. The van der Waals surface area contributed by atoms with Crippen molar-refractivity contribution in [3.63, 3.8) is 0 Å². The van der Waals surface area contributed by atoms with E-state index in [4.69, 9.17) is 5.11 Å². The third-order valence-electron chi connectivity index (χ3n) is 4.01. The fraction of sp³-hybridized carbons (Fsp3) is 0.889. The number of aliphatic carboxylic acids is 1. The number of carboxylic acids is 1. The van der Waals surface area contributed by atoms with Crippen molar-refractivity contribution < 1.29 is 14.7 Å². The van der Waals surface area contributed by atoms with E-state index in [9.17, 15) is 9.59 Å². The van der Waals surface area contributed by atoms with Crippen LogP contribution in [0.4, 0.5) is 0 Å². The van der Waals surface area contributed by atoms with Gasteiger partial charge in [-0.2, -0.15) is 0 Å². The lowest BCUT2D eigenvalue weighted by atomic mass is 10.0. The highest BCUT2D eigenvalue weighted by atomic mass is 16.4. The molecule has 0 aliphatic carbocycles. The molecule has 0 aliphatic heterocycles. The molecule has 2 N–H and O–H groups in total. The minimum absolute atomic E-state index is 0.151. The molecule has 0 aromatic carbocycles. The number of hydrogen-bond donors (Lipinski definition) is 2. The Kier molecular flexibility index (Phi) is 14.1. The molecule has 0 fully saturated rings. The van der Waals surface area contributed by atoms with Gasteiger partial charge in [0.25, 0.3) is 0 Å². The summed E-state index contributed by atoms with van der Waals surface area (Å²) in [7, 11) is 0. The first-order valence-corrected chi connectivity index (χ1v) is 9.10. The number of rotatable bonds is 15. The van der Waals surface area contributed by atoms with Crippen molar-refractivity contribution in [3.8, 4) is 0 Å². The first-order valence-electron chi connectivity index (χ1n) is 9.10. The van der Waals surface area contributed by atoms with Gasteiger partial charge in [-0.3, -0.25) is 9.59 Å². The molecule has 0 saturated heterocycles. The Hall–Kier alpha value is -1.06.